The highest BCUT2D eigenvalue weighted by Gasteiger charge is 2.25. The van der Waals surface area contributed by atoms with Crippen molar-refractivity contribution in [2.45, 2.75) is 154 Å². The van der Waals surface area contributed by atoms with Gasteiger partial charge in [-0.25, -0.2) is 9.59 Å². The molecule has 0 aliphatic heterocycles. The summed E-state index contributed by atoms with van der Waals surface area (Å²) in [7, 11) is 0. The number of aliphatic hydroxyl groups is 1. The highest BCUT2D eigenvalue weighted by Crippen LogP contribution is 2.15. The van der Waals surface area contributed by atoms with Crippen LogP contribution in [0.25, 0.3) is 0 Å². The van der Waals surface area contributed by atoms with Crippen molar-refractivity contribution >= 4 is 11.9 Å². The Hall–Kier alpha value is -1.10. The molecule has 0 spiro atoms. The zero-order chi connectivity index (χ0) is 23.2. The fourth-order valence-electron chi connectivity index (χ4n) is 3.86. The molecule has 0 amide bonds. The molecule has 0 saturated carbocycles. The average Bonchev–Trinajstić information content (AvgIpc) is 2.75. The molecule has 31 heavy (non-hydrogen) atoms. The van der Waals surface area contributed by atoms with Crippen molar-refractivity contribution in [1.82, 2.24) is 0 Å². The van der Waals surface area contributed by atoms with Crippen LogP contribution in [-0.2, 0) is 14.3 Å². The lowest BCUT2D eigenvalue weighted by atomic mass is 10.0. The molecule has 0 bridgehead atoms. The molecule has 0 aliphatic rings. The molecule has 2 N–H and O–H groups in total. The van der Waals surface area contributed by atoms with Crippen molar-refractivity contribution in [1.29, 1.82) is 0 Å². The van der Waals surface area contributed by atoms with Crippen molar-refractivity contribution in [2.24, 2.45) is 0 Å². The zero-order valence-corrected chi connectivity index (χ0v) is 20.4. The van der Waals surface area contributed by atoms with Crippen molar-refractivity contribution in [3.05, 3.63) is 0 Å². The van der Waals surface area contributed by atoms with E-state index in [0.29, 0.717) is 12.8 Å². The summed E-state index contributed by atoms with van der Waals surface area (Å²) in [6.45, 7) is 4.42. The first-order valence-electron chi connectivity index (χ1n) is 13.1. The highest BCUT2D eigenvalue weighted by molar-refractivity contribution is 5.80. The topological polar surface area (TPSA) is 83.8 Å². The quantitative estimate of drug-likeness (QED) is 0.129. The van der Waals surface area contributed by atoms with Crippen molar-refractivity contribution < 1.29 is 24.5 Å². The van der Waals surface area contributed by atoms with E-state index < -0.39 is 24.1 Å². The average molecular weight is 443 g/mol. The zero-order valence-electron chi connectivity index (χ0n) is 20.4. The number of hydrogen-bond acceptors (Lipinski definition) is 4. The van der Waals surface area contributed by atoms with Gasteiger partial charge >= 0.3 is 11.9 Å². The Labute approximate surface area is 191 Å². The summed E-state index contributed by atoms with van der Waals surface area (Å²) in [6.07, 6.45) is 19.1. The fraction of sp³-hybridized carbons (Fsp3) is 0.923. The number of carboxylic acids is 1. The molecule has 0 heterocycles. The number of aliphatic carboxylic acids is 1. The Morgan fingerprint density at radius 1 is 0.613 bits per heavy atom. The minimum absolute atomic E-state index is 0.321. The van der Waals surface area contributed by atoms with Crippen LogP contribution < -0.4 is 0 Å². The monoisotopic (exact) mass is 442 g/mol. The van der Waals surface area contributed by atoms with E-state index in [-0.39, 0.29) is 0 Å². The summed E-state index contributed by atoms with van der Waals surface area (Å²) in [5.74, 6) is -1.91. The van der Waals surface area contributed by atoms with Gasteiger partial charge in [-0.1, -0.05) is 123 Å². The van der Waals surface area contributed by atoms with Gasteiger partial charge in [0.2, 0.25) is 0 Å². The first-order chi connectivity index (χ1) is 15.0. The van der Waals surface area contributed by atoms with Crippen LogP contribution in [0.15, 0.2) is 0 Å². The number of unbranched alkanes of at least 4 members (excludes halogenated alkanes) is 16. The van der Waals surface area contributed by atoms with E-state index in [0.717, 1.165) is 38.5 Å². The molecule has 2 unspecified atom stereocenters. The van der Waals surface area contributed by atoms with Gasteiger partial charge in [-0.05, 0) is 19.3 Å². The van der Waals surface area contributed by atoms with Gasteiger partial charge in [0.25, 0.3) is 0 Å². The number of hydrogen-bond donors (Lipinski definition) is 2. The minimum atomic E-state index is -1.21. The van der Waals surface area contributed by atoms with Crippen LogP contribution in [0.4, 0.5) is 0 Å². The van der Waals surface area contributed by atoms with Crippen LogP contribution >= 0.6 is 0 Å². The second-order valence-electron chi connectivity index (χ2n) is 9.01. The van der Waals surface area contributed by atoms with Gasteiger partial charge in [0.1, 0.15) is 0 Å². The van der Waals surface area contributed by atoms with Gasteiger partial charge in [0, 0.05) is 0 Å². The number of rotatable bonds is 23. The summed E-state index contributed by atoms with van der Waals surface area (Å²) in [4.78, 5) is 23.4. The van der Waals surface area contributed by atoms with Crippen LogP contribution in [0.3, 0.4) is 0 Å². The van der Waals surface area contributed by atoms with Gasteiger partial charge in [0.15, 0.2) is 12.2 Å². The van der Waals surface area contributed by atoms with Crippen molar-refractivity contribution in [2.75, 3.05) is 0 Å². The Bertz CT molecular complexity index is 424. The van der Waals surface area contributed by atoms with Crippen molar-refractivity contribution in [3.63, 3.8) is 0 Å². The summed E-state index contributed by atoms with van der Waals surface area (Å²) >= 11 is 0. The predicted octanol–water partition coefficient (Wildman–Crippen LogP) is 7.19. The Morgan fingerprint density at radius 3 is 1.35 bits per heavy atom. The van der Waals surface area contributed by atoms with Crippen LogP contribution in [0.2, 0.25) is 0 Å². The van der Waals surface area contributed by atoms with Crippen LogP contribution in [0.5, 0.6) is 0 Å². The van der Waals surface area contributed by atoms with Gasteiger partial charge in [-0.2, -0.15) is 0 Å². The molecule has 184 valence electrons. The molecule has 0 aliphatic carbocycles. The largest absolute Gasteiger partial charge is 0.479 e. The maximum atomic E-state index is 12.0. The molecule has 2 atom stereocenters. The molecular weight excluding hydrogens is 392 g/mol. The SMILES string of the molecule is CCCCCCCCCCCCC(OC(=O)C(O)CCCCCCCCCC)C(=O)O. The smallest absolute Gasteiger partial charge is 0.345 e. The summed E-state index contributed by atoms with van der Waals surface area (Å²) in [5, 5.41) is 19.3. The van der Waals surface area contributed by atoms with E-state index in [1.165, 1.54) is 77.0 Å². The number of esters is 1. The molecule has 0 fully saturated rings. The minimum Gasteiger partial charge on any atom is -0.479 e. The standard InChI is InChI=1S/C26H50O5/c1-3-5-7-9-11-13-14-16-18-20-22-24(25(28)29)31-26(30)23(27)21-19-17-15-12-10-8-6-4-2/h23-24,27H,3-22H2,1-2H3,(H,28,29). The lowest BCUT2D eigenvalue weighted by Crippen LogP contribution is -2.32. The normalized spacial score (nSPS) is 13.1. The third-order valence-corrected chi connectivity index (χ3v) is 5.96. The van der Waals surface area contributed by atoms with E-state index in [9.17, 15) is 19.8 Å². The van der Waals surface area contributed by atoms with E-state index in [4.69, 9.17) is 4.74 Å². The van der Waals surface area contributed by atoms with Gasteiger partial charge in [-0.3, -0.25) is 0 Å². The maximum Gasteiger partial charge on any atom is 0.345 e. The molecule has 0 saturated heterocycles. The third kappa shape index (κ3) is 19.3. The molecule has 5 nitrogen and oxygen atoms in total. The summed E-state index contributed by atoms with van der Waals surface area (Å²) in [5.41, 5.74) is 0. The first-order valence-corrected chi connectivity index (χ1v) is 13.1. The molecule has 0 aromatic heterocycles. The van der Waals surface area contributed by atoms with Gasteiger partial charge < -0.3 is 14.9 Å². The van der Waals surface area contributed by atoms with E-state index in [1.54, 1.807) is 0 Å². The van der Waals surface area contributed by atoms with Crippen molar-refractivity contribution in [3.8, 4) is 0 Å². The number of carboxylic acid groups (broad SMARTS) is 1. The maximum absolute atomic E-state index is 12.0. The number of ether oxygens (including phenoxy) is 1. The number of carbonyl (C=O) groups excluding carboxylic acids is 1. The van der Waals surface area contributed by atoms with Crippen LogP contribution in [-0.4, -0.2) is 34.4 Å². The first kappa shape index (κ1) is 29.9. The Balaban J connectivity index is 3.81. The molecule has 0 aromatic carbocycles. The van der Waals surface area contributed by atoms with E-state index >= 15 is 0 Å². The number of carbonyl (C=O) groups is 2. The molecule has 0 rings (SSSR count). The molecule has 0 radical (unpaired) electrons. The molecular formula is C26H50O5. The summed E-state index contributed by atoms with van der Waals surface area (Å²) < 4.78 is 5.09. The summed E-state index contributed by atoms with van der Waals surface area (Å²) in [6, 6.07) is 0. The third-order valence-electron chi connectivity index (χ3n) is 5.96. The Morgan fingerprint density at radius 2 is 0.968 bits per heavy atom. The second kappa shape index (κ2) is 22.1. The Kier molecular flexibility index (Phi) is 21.3. The van der Waals surface area contributed by atoms with Gasteiger partial charge in [-0.15, -0.1) is 0 Å². The van der Waals surface area contributed by atoms with Crippen LogP contribution in [0.1, 0.15) is 142 Å². The molecule has 5 heteroatoms. The second-order valence-corrected chi connectivity index (χ2v) is 9.01. The highest BCUT2D eigenvalue weighted by atomic mass is 16.6. The van der Waals surface area contributed by atoms with E-state index in [2.05, 4.69) is 13.8 Å². The van der Waals surface area contributed by atoms with Crippen LogP contribution in [0, 0.1) is 0 Å². The lowest BCUT2D eigenvalue weighted by Gasteiger charge is -2.16. The van der Waals surface area contributed by atoms with Gasteiger partial charge in [0.05, 0.1) is 0 Å². The molecule has 0 aromatic rings. The fourth-order valence-corrected chi connectivity index (χ4v) is 3.86. The number of aliphatic hydroxyl groups excluding tert-OH is 1. The van der Waals surface area contributed by atoms with E-state index in [1.807, 2.05) is 0 Å². The predicted molar refractivity (Wildman–Crippen MR) is 127 cm³/mol. The lowest BCUT2D eigenvalue weighted by molar-refractivity contribution is -0.170.